The zero-order valence-corrected chi connectivity index (χ0v) is 21.8. The predicted octanol–water partition coefficient (Wildman–Crippen LogP) is 3.67. The van der Waals surface area contributed by atoms with Crippen LogP contribution in [-0.4, -0.2) is 78.2 Å². The molecule has 10 heteroatoms. The normalized spacial score (nSPS) is 23.3. The summed E-state index contributed by atoms with van der Waals surface area (Å²) >= 11 is 6.12. The molecule has 3 fully saturated rings. The van der Waals surface area contributed by atoms with Gasteiger partial charge in [-0.05, 0) is 63.7 Å². The summed E-state index contributed by atoms with van der Waals surface area (Å²) in [4.78, 5) is 30.0. The van der Waals surface area contributed by atoms with Gasteiger partial charge in [0.25, 0.3) is 5.91 Å². The van der Waals surface area contributed by atoms with Crippen molar-refractivity contribution < 1.29 is 9.53 Å². The van der Waals surface area contributed by atoms with Crippen LogP contribution in [0.15, 0.2) is 30.6 Å². The van der Waals surface area contributed by atoms with Crippen LogP contribution >= 0.6 is 11.6 Å². The zero-order chi connectivity index (χ0) is 25.6. The molecule has 1 amide bonds. The molecule has 2 aromatic rings. The van der Waals surface area contributed by atoms with Crippen LogP contribution in [0.1, 0.15) is 48.9 Å². The molecular weight excluding hydrogens is 490 g/mol. The highest BCUT2D eigenvalue weighted by Gasteiger charge is 2.27. The average molecular weight is 524 g/mol. The number of nitrogens with zero attached hydrogens (tertiary/aromatic N) is 5. The van der Waals surface area contributed by atoms with Gasteiger partial charge < -0.3 is 20.3 Å². The van der Waals surface area contributed by atoms with Crippen LogP contribution in [0, 0.1) is 6.57 Å². The van der Waals surface area contributed by atoms with Gasteiger partial charge in [0.1, 0.15) is 5.75 Å². The van der Waals surface area contributed by atoms with E-state index in [-0.39, 0.29) is 18.1 Å². The summed E-state index contributed by atoms with van der Waals surface area (Å²) in [6.45, 7) is 13.2. The maximum Gasteiger partial charge on any atom is 0.254 e. The monoisotopic (exact) mass is 523 g/mol. The lowest BCUT2D eigenvalue weighted by Gasteiger charge is -2.40. The van der Waals surface area contributed by atoms with Gasteiger partial charge in [0.05, 0.1) is 23.3 Å². The van der Waals surface area contributed by atoms with E-state index in [4.69, 9.17) is 22.9 Å². The average Bonchev–Trinajstić information content (AvgIpc) is 2.95. The molecule has 1 aliphatic carbocycles. The summed E-state index contributed by atoms with van der Waals surface area (Å²) in [6.07, 6.45) is 9.15. The van der Waals surface area contributed by atoms with Crippen molar-refractivity contribution in [1.82, 2.24) is 25.5 Å². The third-order valence-electron chi connectivity index (χ3n) is 7.67. The minimum Gasteiger partial charge on any atom is -0.490 e. The number of amides is 1. The van der Waals surface area contributed by atoms with Gasteiger partial charge in [0.15, 0.2) is 0 Å². The van der Waals surface area contributed by atoms with Crippen LogP contribution in [0.4, 0.5) is 11.6 Å². The molecule has 0 unspecified atom stereocenters. The maximum absolute atomic E-state index is 12.8. The molecule has 9 nitrogen and oxygen atoms in total. The lowest BCUT2D eigenvalue weighted by atomic mass is 9.92. The predicted molar refractivity (Wildman–Crippen MR) is 144 cm³/mol. The van der Waals surface area contributed by atoms with E-state index in [0.717, 1.165) is 65.0 Å². The number of hydrogen-bond donors (Lipinski definition) is 2. The van der Waals surface area contributed by atoms with E-state index in [9.17, 15) is 4.79 Å². The lowest BCUT2D eigenvalue weighted by Crippen LogP contribution is -2.53. The van der Waals surface area contributed by atoms with Gasteiger partial charge in [-0.1, -0.05) is 17.7 Å². The summed E-state index contributed by atoms with van der Waals surface area (Å²) in [5, 5.41) is 6.97. The molecule has 3 heterocycles. The van der Waals surface area contributed by atoms with Crippen LogP contribution in [0.2, 0.25) is 5.02 Å². The molecule has 1 aromatic heterocycles. The van der Waals surface area contributed by atoms with Gasteiger partial charge in [0, 0.05) is 50.7 Å². The molecule has 5 rings (SSSR count). The van der Waals surface area contributed by atoms with Crippen LogP contribution in [0.3, 0.4) is 0 Å². The molecule has 2 N–H and O–H groups in total. The molecule has 2 saturated heterocycles. The van der Waals surface area contributed by atoms with Crippen molar-refractivity contribution in [2.75, 3.05) is 44.2 Å². The number of piperazine rings is 1. The SMILES string of the molecule is [C-]#[N+]c1ccc(OC2CCC(NC(=O)c3cnc(N4CCN(C5CCNCC5)CC4)nc3)CC2)cc1Cl. The van der Waals surface area contributed by atoms with Crippen molar-refractivity contribution >= 4 is 29.1 Å². The Kier molecular flexibility index (Phi) is 8.39. The Morgan fingerprint density at radius 1 is 1.05 bits per heavy atom. The number of aromatic nitrogens is 2. The second kappa shape index (κ2) is 12.1. The van der Waals surface area contributed by atoms with Crippen LogP contribution < -0.4 is 20.3 Å². The van der Waals surface area contributed by atoms with E-state index >= 15 is 0 Å². The van der Waals surface area contributed by atoms with E-state index in [0.29, 0.717) is 34.0 Å². The van der Waals surface area contributed by atoms with Crippen molar-refractivity contribution in [3.8, 4) is 5.75 Å². The Hall–Kier alpha value is -2.93. The Labute approximate surface area is 223 Å². The summed E-state index contributed by atoms with van der Waals surface area (Å²) < 4.78 is 6.05. The minimum atomic E-state index is -0.131. The molecule has 1 saturated carbocycles. The molecule has 37 heavy (non-hydrogen) atoms. The van der Waals surface area contributed by atoms with Crippen molar-refractivity contribution in [2.45, 2.75) is 56.7 Å². The van der Waals surface area contributed by atoms with E-state index in [1.807, 2.05) is 0 Å². The number of rotatable bonds is 6. The number of carbonyl (C=O) groups excluding carboxylic acids is 1. The number of ether oxygens (including phenoxy) is 1. The van der Waals surface area contributed by atoms with E-state index in [1.54, 1.807) is 30.6 Å². The van der Waals surface area contributed by atoms with Gasteiger partial charge in [0.2, 0.25) is 11.6 Å². The number of nitrogens with one attached hydrogen (secondary N) is 2. The topological polar surface area (TPSA) is 87.0 Å². The molecule has 0 spiro atoms. The molecule has 3 aliphatic rings. The maximum atomic E-state index is 12.8. The lowest BCUT2D eigenvalue weighted by molar-refractivity contribution is 0.0893. The number of carbonyl (C=O) groups is 1. The van der Waals surface area contributed by atoms with Crippen molar-refractivity contribution in [2.24, 2.45) is 0 Å². The zero-order valence-electron chi connectivity index (χ0n) is 21.0. The Bertz CT molecular complexity index is 1100. The first-order chi connectivity index (χ1) is 18.1. The van der Waals surface area contributed by atoms with E-state index in [1.165, 1.54) is 12.8 Å². The standard InChI is InChI=1S/C27H34ClN7O2/c1-29-25-7-6-23(16-24(25)28)37-22-4-2-20(3-5-22)33-26(36)19-17-31-27(32-18-19)35-14-12-34(13-15-35)21-8-10-30-11-9-21/h6-7,16-18,20-22,30H,2-5,8-15H2,(H,33,36). The number of anilines is 1. The molecule has 0 atom stereocenters. The molecule has 1 aromatic carbocycles. The Morgan fingerprint density at radius 3 is 2.41 bits per heavy atom. The van der Waals surface area contributed by atoms with Gasteiger partial charge in [-0.2, -0.15) is 0 Å². The van der Waals surface area contributed by atoms with Crippen LogP contribution in [0.25, 0.3) is 4.85 Å². The van der Waals surface area contributed by atoms with Crippen molar-refractivity contribution in [1.29, 1.82) is 0 Å². The Morgan fingerprint density at radius 2 is 1.76 bits per heavy atom. The highest BCUT2D eigenvalue weighted by Crippen LogP contribution is 2.31. The molecule has 0 bridgehead atoms. The third-order valence-corrected chi connectivity index (χ3v) is 7.98. The fourth-order valence-corrected chi connectivity index (χ4v) is 5.71. The number of halogens is 1. The van der Waals surface area contributed by atoms with E-state index < -0.39 is 0 Å². The minimum absolute atomic E-state index is 0.0703. The van der Waals surface area contributed by atoms with Gasteiger partial charge in [-0.3, -0.25) is 9.69 Å². The van der Waals surface area contributed by atoms with Gasteiger partial charge in [-0.15, -0.1) is 0 Å². The van der Waals surface area contributed by atoms with Crippen molar-refractivity contribution in [3.05, 3.63) is 52.6 Å². The summed E-state index contributed by atoms with van der Waals surface area (Å²) in [6, 6.07) is 5.95. The van der Waals surface area contributed by atoms with Crippen LogP contribution in [-0.2, 0) is 0 Å². The fraction of sp³-hybridized carbons (Fsp3) is 0.556. The highest BCUT2D eigenvalue weighted by molar-refractivity contribution is 6.33. The van der Waals surface area contributed by atoms with Gasteiger partial charge >= 0.3 is 0 Å². The fourth-order valence-electron chi connectivity index (χ4n) is 5.50. The summed E-state index contributed by atoms with van der Waals surface area (Å²) in [5.74, 6) is 1.24. The number of hydrogen-bond acceptors (Lipinski definition) is 7. The molecular formula is C27H34ClN7O2. The third kappa shape index (κ3) is 6.50. The largest absolute Gasteiger partial charge is 0.490 e. The van der Waals surface area contributed by atoms with Crippen molar-refractivity contribution in [3.63, 3.8) is 0 Å². The highest BCUT2D eigenvalue weighted by atomic mass is 35.5. The molecule has 0 radical (unpaired) electrons. The van der Waals surface area contributed by atoms with E-state index in [2.05, 4.69) is 35.2 Å². The smallest absolute Gasteiger partial charge is 0.254 e. The Balaban J connectivity index is 1.06. The second-order valence-corrected chi connectivity index (χ2v) is 10.5. The molecule has 2 aliphatic heterocycles. The first-order valence-corrected chi connectivity index (χ1v) is 13.6. The molecule has 196 valence electrons. The second-order valence-electron chi connectivity index (χ2n) is 10.1. The summed E-state index contributed by atoms with van der Waals surface area (Å²) in [5.41, 5.74) is 0.914. The first kappa shape index (κ1) is 25.7. The first-order valence-electron chi connectivity index (χ1n) is 13.3. The quantitative estimate of drug-likeness (QED) is 0.558. The number of piperidine rings is 1. The number of benzene rings is 1. The van der Waals surface area contributed by atoms with Crippen LogP contribution in [0.5, 0.6) is 5.75 Å². The summed E-state index contributed by atoms with van der Waals surface area (Å²) in [7, 11) is 0. The van der Waals surface area contributed by atoms with Gasteiger partial charge in [-0.25, -0.2) is 14.8 Å².